The molecule has 2 aliphatic rings. The maximum atomic E-state index is 12.6. The van der Waals surface area contributed by atoms with Gasteiger partial charge in [0.15, 0.2) is 12.2 Å². The zero-order valence-corrected chi connectivity index (χ0v) is 32.0. The average Bonchev–Trinajstić information content (AvgIpc) is 3.11. The first-order valence-electron chi connectivity index (χ1n) is 18.2. The maximum Gasteiger partial charge on any atom is 0.303 e. The van der Waals surface area contributed by atoms with Crippen molar-refractivity contribution in [2.24, 2.45) is 11.8 Å². The molecule has 0 radical (unpaired) electrons. The number of carbonyl (C=O) groups is 6. The van der Waals surface area contributed by atoms with Crippen molar-refractivity contribution < 1.29 is 66.7 Å². The van der Waals surface area contributed by atoms with Gasteiger partial charge in [0.25, 0.3) is 0 Å². The Balaban J connectivity index is 1.82. The van der Waals surface area contributed by atoms with Crippen LogP contribution in [-0.2, 0) is 79.9 Å². The van der Waals surface area contributed by atoms with E-state index < -0.39 is 96.4 Å². The molecule has 0 spiro atoms. The molecular weight excluding hydrogens is 718 g/mol. The van der Waals surface area contributed by atoms with Crippen LogP contribution in [0.15, 0.2) is 60.7 Å². The fourth-order valence-electron chi connectivity index (χ4n) is 7.24. The third-order valence-corrected chi connectivity index (χ3v) is 9.34. The van der Waals surface area contributed by atoms with Gasteiger partial charge in [-0.1, -0.05) is 60.7 Å². The van der Waals surface area contributed by atoms with Gasteiger partial charge in [-0.05, 0) is 24.0 Å². The molecule has 15 heteroatoms. The zero-order chi connectivity index (χ0) is 40.1. The molecule has 2 aromatic carbocycles. The first-order chi connectivity index (χ1) is 26.2. The lowest BCUT2D eigenvalue weighted by molar-refractivity contribution is -0.212. The van der Waals surface area contributed by atoms with Gasteiger partial charge in [0.2, 0.25) is 0 Å². The van der Waals surface area contributed by atoms with E-state index in [0.29, 0.717) is 0 Å². The Morgan fingerprint density at radius 2 is 0.836 bits per heavy atom. The summed E-state index contributed by atoms with van der Waals surface area (Å²) in [5, 5.41) is 3.58. The zero-order valence-electron chi connectivity index (χ0n) is 32.0. The summed E-state index contributed by atoms with van der Waals surface area (Å²) in [4.78, 5) is 74.2. The summed E-state index contributed by atoms with van der Waals surface area (Å²) < 4.78 is 47.3. The van der Waals surface area contributed by atoms with Crippen molar-refractivity contribution in [1.82, 2.24) is 5.32 Å². The summed E-state index contributed by atoms with van der Waals surface area (Å²) in [5.41, 5.74) is 1.69. The Bertz CT molecular complexity index is 1600. The molecule has 10 atom stereocenters. The van der Waals surface area contributed by atoms with Crippen molar-refractivity contribution in [3.8, 4) is 0 Å². The van der Waals surface area contributed by atoms with Crippen LogP contribution in [0.3, 0.4) is 0 Å². The van der Waals surface area contributed by atoms with Gasteiger partial charge in [-0.25, -0.2) is 0 Å². The lowest BCUT2D eigenvalue weighted by Gasteiger charge is -2.49. The highest BCUT2D eigenvalue weighted by molar-refractivity contribution is 5.69. The van der Waals surface area contributed by atoms with E-state index >= 15 is 0 Å². The fourth-order valence-corrected chi connectivity index (χ4v) is 7.24. The molecule has 2 fully saturated rings. The van der Waals surface area contributed by atoms with Crippen LogP contribution in [0, 0.1) is 11.8 Å². The third kappa shape index (κ3) is 13.1. The van der Waals surface area contributed by atoms with Gasteiger partial charge >= 0.3 is 35.8 Å². The van der Waals surface area contributed by atoms with Crippen LogP contribution in [0.1, 0.15) is 65.5 Å². The SMILES string of the molecule is CC(=O)OC[C@H]1C[C@H](N[C@H]2C[C@H](COC(C)=O)[C@@H](OC(C)=O)[C@H](OC(C)=O)[C@H]2OC(C)=O)[C@H](OCc2ccccc2)[C@@H](OCc2ccccc2)[C@@H]1OC(C)=O. The molecule has 2 aliphatic carbocycles. The van der Waals surface area contributed by atoms with Gasteiger partial charge in [0.05, 0.1) is 26.4 Å². The average molecular weight is 770 g/mol. The van der Waals surface area contributed by atoms with Crippen molar-refractivity contribution in [2.75, 3.05) is 13.2 Å². The first kappa shape index (κ1) is 42.9. The van der Waals surface area contributed by atoms with E-state index in [1.165, 1.54) is 41.5 Å². The monoisotopic (exact) mass is 769 g/mol. The minimum Gasteiger partial charge on any atom is -0.465 e. The fraction of sp³-hybridized carbons (Fsp3) is 0.550. The third-order valence-electron chi connectivity index (χ3n) is 9.34. The van der Waals surface area contributed by atoms with Gasteiger partial charge in [-0.3, -0.25) is 28.8 Å². The second-order valence-electron chi connectivity index (χ2n) is 13.8. The molecule has 0 bridgehead atoms. The Morgan fingerprint density at radius 1 is 0.473 bits per heavy atom. The van der Waals surface area contributed by atoms with E-state index in [2.05, 4.69) is 5.32 Å². The van der Waals surface area contributed by atoms with E-state index in [0.717, 1.165) is 11.1 Å². The van der Waals surface area contributed by atoms with Gasteiger partial charge < -0.3 is 43.2 Å². The van der Waals surface area contributed by atoms with Gasteiger partial charge in [-0.15, -0.1) is 0 Å². The summed E-state index contributed by atoms with van der Waals surface area (Å²) in [5.74, 6) is -5.12. The second kappa shape index (κ2) is 20.7. The molecule has 300 valence electrons. The summed E-state index contributed by atoms with van der Waals surface area (Å²) in [6, 6.07) is 17.3. The van der Waals surface area contributed by atoms with E-state index in [1.807, 2.05) is 60.7 Å². The summed E-state index contributed by atoms with van der Waals surface area (Å²) in [6.07, 6.45) is -6.02. The van der Waals surface area contributed by atoms with Crippen LogP contribution < -0.4 is 5.32 Å². The van der Waals surface area contributed by atoms with E-state index in [1.54, 1.807) is 0 Å². The normalized spacial score (nSPS) is 27.5. The Morgan fingerprint density at radius 3 is 1.25 bits per heavy atom. The number of benzene rings is 2. The van der Waals surface area contributed by atoms with Crippen LogP contribution >= 0.6 is 0 Å². The molecule has 4 rings (SSSR count). The first-order valence-corrected chi connectivity index (χ1v) is 18.2. The van der Waals surface area contributed by atoms with E-state index in [4.69, 9.17) is 37.9 Å². The predicted octanol–water partition coefficient (Wildman–Crippen LogP) is 3.38. The van der Waals surface area contributed by atoms with Crippen LogP contribution in [0.5, 0.6) is 0 Å². The summed E-state index contributed by atoms with van der Waals surface area (Å²) in [6.45, 7) is 7.27. The standard InChI is InChI=1S/C40H51NO14/c1-23(42)48-21-31-17-33(41-34-18-32(22-49-24(2)43)36(53-26(4)45)40(55-28(6)47)38(34)54-27(5)46)37(50-19-29-13-9-7-10-14-29)39(35(31)52-25(3)44)51-20-30-15-11-8-12-16-30/h7-16,31-41H,17-22H2,1-6H3/t31-,32-,33+,34+,35-,36-,37+,38+,39+,40+/m1/s1. The van der Waals surface area contributed by atoms with Gasteiger partial charge in [0.1, 0.15) is 24.4 Å². The molecule has 1 N–H and O–H groups in total. The van der Waals surface area contributed by atoms with Crippen LogP contribution in [0.4, 0.5) is 0 Å². The highest BCUT2D eigenvalue weighted by Crippen LogP contribution is 2.38. The molecule has 0 aromatic heterocycles. The molecule has 0 saturated heterocycles. The molecular formula is C40H51NO14. The number of carbonyl (C=O) groups excluding carboxylic acids is 6. The minimum absolute atomic E-state index is 0.111. The maximum absolute atomic E-state index is 12.6. The van der Waals surface area contributed by atoms with Crippen LogP contribution in [0.2, 0.25) is 0 Å². The molecule has 55 heavy (non-hydrogen) atoms. The highest BCUT2D eigenvalue weighted by Gasteiger charge is 2.54. The molecule has 2 aromatic rings. The summed E-state index contributed by atoms with van der Waals surface area (Å²) >= 11 is 0. The molecule has 2 saturated carbocycles. The van der Waals surface area contributed by atoms with Gasteiger partial charge in [0, 0.05) is 65.5 Å². The van der Waals surface area contributed by atoms with E-state index in [-0.39, 0.29) is 39.3 Å². The lowest BCUT2D eigenvalue weighted by Crippen LogP contribution is -2.68. The Labute approximate surface area is 320 Å². The van der Waals surface area contributed by atoms with Crippen molar-refractivity contribution in [3.63, 3.8) is 0 Å². The van der Waals surface area contributed by atoms with Crippen LogP contribution in [0.25, 0.3) is 0 Å². The summed E-state index contributed by atoms with van der Waals surface area (Å²) in [7, 11) is 0. The lowest BCUT2D eigenvalue weighted by atomic mass is 9.76. The number of hydrogen-bond donors (Lipinski definition) is 1. The number of rotatable bonds is 16. The van der Waals surface area contributed by atoms with Crippen molar-refractivity contribution in [2.45, 2.75) is 116 Å². The quantitative estimate of drug-likeness (QED) is 0.193. The predicted molar refractivity (Wildman–Crippen MR) is 192 cm³/mol. The molecule has 0 amide bonds. The van der Waals surface area contributed by atoms with Gasteiger partial charge in [-0.2, -0.15) is 0 Å². The minimum atomic E-state index is -1.31. The number of ether oxygens (including phenoxy) is 8. The number of esters is 6. The van der Waals surface area contributed by atoms with Crippen molar-refractivity contribution in [3.05, 3.63) is 71.8 Å². The number of nitrogens with one attached hydrogen (secondary N) is 1. The van der Waals surface area contributed by atoms with E-state index in [9.17, 15) is 28.8 Å². The van der Waals surface area contributed by atoms with Crippen molar-refractivity contribution in [1.29, 1.82) is 0 Å². The largest absolute Gasteiger partial charge is 0.465 e. The molecule has 0 unspecified atom stereocenters. The smallest absolute Gasteiger partial charge is 0.303 e. The van der Waals surface area contributed by atoms with Crippen LogP contribution in [-0.4, -0.2) is 97.7 Å². The second-order valence-corrected chi connectivity index (χ2v) is 13.8. The number of hydrogen-bond acceptors (Lipinski definition) is 15. The molecule has 15 nitrogen and oxygen atoms in total. The highest BCUT2D eigenvalue weighted by atomic mass is 16.6. The molecule has 0 heterocycles. The van der Waals surface area contributed by atoms with Crippen molar-refractivity contribution >= 4 is 35.8 Å². The Kier molecular flexibility index (Phi) is 16.2. The molecule has 0 aliphatic heterocycles. The Hall–Kier alpha value is -4.86. The topological polar surface area (TPSA) is 188 Å².